The van der Waals surface area contributed by atoms with E-state index in [1.807, 2.05) is 48.5 Å². The second kappa shape index (κ2) is 6.98. The zero-order valence-corrected chi connectivity index (χ0v) is 15.4. The molecule has 134 valence electrons. The lowest BCUT2D eigenvalue weighted by Gasteiger charge is -2.10. The number of carboxylic acids is 1. The number of carbonyl (C=O) groups is 2. The molecule has 0 saturated carbocycles. The Bertz CT molecular complexity index is 1110. The maximum atomic E-state index is 12.4. The smallest absolute Gasteiger partial charge is 0.323 e. The van der Waals surface area contributed by atoms with Crippen LogP contribution in [-0.4, -0.2) is 37.9 Å². The molecule has 0 bridgehead atoms. The molecule has 2 heterocycles. The minimum absolute atomic E-state index is 0.240. The molecule has 6 nitrogen and oxygen atoms in total. The van der Waals surface area contributed by atoms with Crippen LogP contribution in [0.2, 0.25) is 0 Å². The quantitative estimate of drug-likeness (QED) is 0.531. The fraction of sp³-hybridized carbons (Fsp3) is 0.0526. The number of thioether (sulfide) groups is 1. The number of carboxylic acid groups (broad SMARTS) is 1. The van der Waals surface area contributed by atoms with E-state index in [0.717, 1.165) is 33.2 Å². The van der Waals surface area contributed by atoms with E-state index in [1.54, 1.807) is 6.08 Å². The van der Waals surface area contributed by atoms with Gasteiger partial charge in [-0.2, -0.15) is 0 Å². The Kier molecular flexibility index (Phi) is 4.51. The number of carbonyl (C=O) groups excluding carboxylic acids is 1. The van der Waals surface area contributed by atoms with Crippen LogP contribution in [0, 0.1) is 0 Å². The molecule has 1 aromatic heterocycles. The van der Waals surface area contributed by atoms with E-state index in [9.17, 15) is 9.59 Å². The highest BCUT2D eigenvalue weighted by atomic mass is 32.2. The summed E-state index contributed by atoms with van der Waals surface area (Å²) >= 11 is 6.21. The molecule has 1 amide bonds. The number of rotatable bonds is 4. The second-order valence-corrected chi connectivity index (χ2v) is 7.49. The van der Waals surface area contributed by atoms with Gasteiger partial charge in [0.25, 0.3) is 5.91 Å². The van der Waals surface area contributed by atoms with Crippen LogP contribution < -0.4 is 0 Å². The molecule has 3 aromatic rings. The molecule has 1 saturated heterocycles. The van der Waals surface area contributed by atoms with E-state index < -0.39 is 18.4 Å². The summed E-state index contributed by atoms with van der Waals surface area (Å²) in [5.74, 6) is -0.855. The van der Waals surface area contributed by atoms with Crippen molar-refractivity contribution in [3.8, 4) is 11.3 Å². The maximum Gasteiger partial charge on any atom is 0.323 e. The lowest BCUT2D eigenvalue weighted by Crippen LogP contribution is -2.33. The molecule has 27 heavy (non-hydrogen) atoms. The number of fused-ring (bicyclic) bond motifs is 1. The zero-order valence-electron chi connectivity index (χ0n) is 13.8. The van der Waals surface area contributed by atoms with Gasteiger partial charge in [0.2, 0.25) is 0 Å². The van der Waals surface area contributed by atoms with Crippen molar-refractivity contribution < 1.29 is 19.2 Å². The van der Waals surface area contributed by atoms with Gasteiger partial charge < -0.3 is 9.63 Å². The van der Waals surface area contributed by atoms with Crippen molar-refractivity contribution in [2.24, 2.45) is 0 Å². The SMILES string of the molecule is O=C(O)CN1C(=O)C(=Cc2ccc3noc(-c4ccccc4)c3c2)SC1=S. The van der Waals surface area contributed by atoms with Crippen LogP contribution >= 0.6 is 24.0 Å². The van der Waals surface area contributed by atoms with Crippen LogP contribution in [0.4, 0.5) is 0 Å². The van der Waals surface area contributed by atoms with Crippen molar-refractivity contribution in [3.05, 3.63) is 59.0 Å². The molecule has 0 unspecified atom stereocenters. The molecule has 4 rings (SSSR count). The van der Waals surface area contributed by atoms with Gasteiger partial charge >= 0.3 is 5.97 Å². The first-order chi connectivity index (χ1) is 13.0. The molecule has 1 aliphatic rings. The van der Waals surface area contributed by atoms with E-state index in [0.29, 0.717) is 16.2 Å². The van der Waals surface area contributed by atoms with Gasteiger partial charge in [-0.1, -0.05) is 65.5 Å². The van der Waals surface area contributed by atoms with Gasteiger partial charge in [-0.15, -0.1) is 0 Å². The first-order valence-corrected chi connectivity index (χ1v) is 9.17. The van der Waals surface area contributed by atoms with Crippen LogP contribution in [-0.2, 0) is 9.59 Å². The third kappa shape index (κ3) is 3.36. The summed E-state index contributed by atoms with van der Waals surface area (Å²) in [5.41, 5.74) is 2.40. The highest BCUT2D eigenvalue weighted by Crippen LogP contribution is 2.34. The third-order valence-electron chi connectivity index (χ3n) is 4.00. The zero-order chi connectivity index (χ0) is 19.0. The highest BCUT2D eigenvalue weighted by molar-refractivity contribution is 8.26. The number of amides is 1. The van der Waals surface area contributed by atoms with Gasteiger partial charge in [0.05, 0.1) is 10.3 Å². The van der Waals surface area contributed by atoms with Crippen LogP contribution in [0.3, 0.4) is 0 Å². The van der Waals surface area contributed by atoms with Gasteiger partial charge in [0.1, 0.15) is 16.4 Å². The molecule has 0 atom stereocenters. The van der Waals surface area contributed by atoms with Crippen molar-refractivity contribution in [3.63, 3.8) is 0 Å². The Labute approximate surface area is 163 Å². The van der Waals surface area contributed by atoms with Crippen LogP contribution in [0.25, 0.3) is 28.3 Å². The Hall–Kier alpha value is -2.97. The predicted octanol–water partition coefficient (Wildman–Crippen LogP) is 3.78. The molecule has 1 N–H and O–H groups in total. The van der Waals surface area contributed by atoms with E-state index in [4.69, 9.17) is 21.8 Å². The van der Waals surface area contributed by atoms with E-state index in [1.165, 1.54) is 0 Å². The van der Waals surface area contributed by atoms with Crippen molar-refractivity contribution in [2.45, 2.75) is 0 Å². The first kappa shape index (κ1) is 17.4. The number of nitrogens with zero attached hydrogens (tertiary/aromatic N) is 2. The fourth-order valence-electron chi connectivity index (χ4n) is 2.77. The van der Waals surface area contributed by atoms with Crippen LogP contribution in [0.5, 0.6) is 0 Å². The van der Waals surface area contributed by atoms with Crippen molar-refractivity contribution in [1.82, 2.24) is 10.1 Å². The molecular weight excluding hydrogens is 384 g/mol. The summed E-state index contributed by atoms with van der Waals surface area (Å²) in [4.78, 5) is 24.8. The Morgan fingerprint density at radius 3 is 2.78 bits per heavy atom. The van der Waals surface area contributed by atoms with E-state index >= 15 is 0 Å². The summed E-state index contributed by atoms with van der Waals surface area (Å²) in [7, 11) is 0. The van der Waals surface area contributed by atoms with Crippen LogP contribution in [0.15, 0.2) is 58.0 Å². The number of hydrogen-bond donors (Lipinski definition) is 1. The van der Waals surface area contributed by atoms with E-state index in [2.05, 4.69) is 5.16 Å². The minimum Gasteiger partial charge on any atom is -0.480 e. The van der Waals surface area contributed by atoms with Gasteiger partial charge in [-0.05, 0) is 23.8 Å². The number of aromatic nitrogens is 1. The summed E-state index contributed by atoms with van der Waals surface area (Å²) < 4.78 is 5.73. The predicted molar refractivity (Wildman–Crippen MR) is 107 cm³/mol. The third-order valence-corrected chi connectivity index (χ3v) is 5.38. The second-order valence-electron chi connectivity index (χ2n) is 5.82. The Balaban J connectivity index is 1.71. The summed E-state index contributed by atoms with van der Waals surface area (Å²) in [6.07, 6.45) is 1.70. The first-order valence-electron chi connectivity index (χ1n) is 7.95. The average Bonchev–Trinajstić information content (AvgIpc) is 3.18. The van der Waals surface area contributed by atoms with Crippen molar-refractivity contribution in [1.29, 1.82) is 0 Å². The molecule has 2 aromatic carbocycles. The minimum atomic E-state index is -1.11. The monoisotopic (exact) mass is 396 g/mol. The molecule has 0 spiro atoms. The summed E-state index contributed by atoms with van der Waals surface area (Å²) in [6.45, 7) is -0.440. The highest BCUT2D eigenvalue weighted by Gasteiger charge is 2.33. The van der Waals surface area contributed by atoms with Crippen LogP contribution in [0.1, 0.15) is 5.56 Å². The van der Waals surface area contributed by atoms with Crippen molar-refractivity contribution >= 4 is 57.2 Å². The Morgan fingerprint density at radius 2 is 2.04 bits per heavy atom. The van der Waals surface area contributed by atoms with Gasteiger partial charge in [-0.3, -0.25) is 14.5 Å². The summed E-state index contributed by atoms with van der Waals surface area (Å²) in [5, 5.41) is 13.8. The number of thiocarbonyl (C=S) groups is 1. The lowest BCUT2D eigenvalue weighted by molar-refractivity contribution is -0.140. The van der Waals surface area contributed by atoms with Gasteiger partial charge in [-0.25, -0.2) is 0 Å². The topological polar surface area (TPSA) is 83.6 Å². The Morgan fingerprint density at radius 1 is 1.26 bits per heavy atom. The number of aliphatic carboxylic acids is 1. The lowest BCUT2D eigenvalue weighted by atomic mass is 10.1. The fourth-order valence-corrected chi connectivity index (χ4v) is 4.02. The molecular formula is C19H12N2O4S2. The molecule has 0 aliphatic carbocycles. The van der Waals surface area contributed by atoms with E-state index in [-0.39, 0.29) is 4.32 Å². The average molecular weight is 396 g/mol. The standard InChI is InChI=1S/C19H12N2O4S2/c22-16(23)10-21-18(24)15(27-19(21)26)9-11-6-7-14-13(8-11)17(25-20-14)12-4-2-1-3-5-12/h1-9H,10H2,(H,22,23). The molecule has 1 fully saturated rings. The number of hydrogen-bond acceptors (Lipinski definition) is 6. The largest absolute Gasteiger partial charge is 0.480 e. The summed E-state index contributed by atoms with van der Waals surface area (Å²) in [6, 6.07) is 15.2. The van der Waals surface area contributed by atoms with Gasteiger partial charge in [0, 0.05) is 5.56 Å². The molecule has 0 radical (unpaired) electrons. The molecule has 1 aliphatic heterocycles. The normalized spacial score (nSPS) is 15.9. The number of benzene rings is 2. The maximum absolute atomic E-state index is 12.4. The molecule has 8 heteroatoms. The van der Waals surface area contributed by atoms with Gasteiger partial charge in [0.15, 0.2) is 5.76 Å². The van der Waals surface area contributed by atoms with Crippen molar-refractivity contribution in [2.75, 3.05) is 6.54 Å².